The van der Waals surface area contributed by atoms with Gasteiger partial charge in [0.2, 0.25) is 0 Å². The number of nitrogens with one attached hydrogen (secondary N) is 1. The summed E-state index contributed by atoms with van der Waals surface area (Å²) in [5, 5.41) is 15.1. The number of aromatic nitrogens is 1. The molecule has 0 aliphatic carbocycles. The first-order valence-electron chi connectivity index (χ1n) is 11.0. The van der Waals surface area contributed by atoms with Crippen molar-refractivity contribution in [3.8, 4) is 11.5 Å². The second-order valence-electron chi connectivity index (χ2n) is 7.98. The average Bonchev–Trinajstić information content (AvgIpc) is 3.15. The number of carbonyl (C=O) groups is 1. The number of hydrogen-bond acceptors (Lipinski definition) is 4. The lowest BCUT2D eigenvalue weighted by atomic mass is 10.1. The van der Waals surface area contributed by atoms with Gasteiger partial charge in [0.1, 0.15) is 5.69 Å². The number of rotatable bonds is 10. The summed E-state index contributed by atoms with van der Waals surface area (Å²) < 4.78 is 12.5. The number of nitrogens with zero attached hydrogens (tertiary/aromatic N) is 1. The molecular weight excluding hydrogens is 452 g/mol. The second kappa shape index (κ2) is 10.6. The summed E-state index contributed by atoms with van der Waals surface area (Å²) in [6, 6.07) is 21.1. The number of aromatic carboxylic acids is 1. The molecule has 1 heterocycles. The molecule has 0 atom stereocenters. The maximum Gasteiger partial charge on any atom is 0.352 e. The summed E-state index contributed by atoms with van der Waals surface area (Å²) in [4.78, 5) is 12.4. The lowest BCUT2D eigenvalue weighted by Crippen LogP contribution is -2.19. The summed E-state index contributed by atoms with van der Waals surface area (Å²) in [6.07, 6.45) is 0.768. The molecule has 4 aromatic rings. The molecule has 0 radical (unpaired) electrons. The number of carboxylic acids is 1. The normalized spacial score (nSPS) is 11.0. The van der Waals surface area contributed by atoms with E-state index in [2.05, 4.69) is 5.32 Å². The van der Waals surface area contributed by atoms with Crippen LogP contribution in [-0.2, 0) is 19.5 Å². The summed E-state index contributed by atoms with van der Waals surface area (Å²) >= 11 is 6.16. The Kier molecular flexibility index (Phi) is 7.40. The molecule has 0 aliphatic rings. The highest BCUT2D eigenvalue weighted by Crippen LogP contribution is 2.29. The highest BCUT2D eigenvalue weighted by Gasteiger charge is 2.22. The number of methoxy groups -OCH3 is 2. The fraction of sp³-hybridized carbons (Fsp3) is 0.222. The van der Waals surface area contributed by atoms with Crippen molar-refractivity contribution < 1.29 is 19.4 Å². The molecule has 1 aromatic heterocycles. The van der Waals surface area contributed by atoms with Crippen LogP contribution in [0, 0.1) is 0 Å². The van der Waals surface area contributed by atoms with Crippen molar-refractivity contribution in [3.63, 3.8) is 0 Å². The third-order valence-electron chi connectivity index (χ3n) is 5.85. The van der Waals surface area contributed by atoms with Gasteiger partial charge in [0.25, 0.3) is 0 Å². The van der Waals surface area contributed by atoms with Crippen molar-refractivity contribution in [2.45, 2.75) is 19.5 Å². The van der Waals surface area contributed by atoms with E-state index in [4.69, 9.17) is 21.1 Å². The van der Waals surface area contributed by atoms with E-state index in [9.17, 15) is 9.90 Å². The van der Waals surface area contributed by atoms with Gasteiger partial charge in [-0.3, -0.25) is 0 Å². The van der Waals surface area contributed by atoms with Crippen LogP contribution in [0.1, 0.15) is 27.2 Å². The summed E-state index contributed by atoms with van der Waals surface area (Å²) in [5.74, 6) is 0.435. The topological polar surface area (TPSA) is 72.7 Å². The number of hydrogen-bond donors (Lipinski definition) is 2. The third kappa shape index (κ3) is 5.03. The highest BCUT2D eigenvalue weighted by molar-refractivity contribution is 6.30. The van der Waals surface area contributed by atoms with Crippen LogP contribution in [0.25, 0.3) is 10.9 Å². The van der Waals surface area contributed by atoms with Crippen LogP contribution in [0.15, 0.2) is 66.7 Å². The first-order valence-corrected chi connectivity index (χ1v) is 11.4. The SMILES string of the molecule is COc1ccc(CCNCc2c(C(=O)O)n(Cc3cccc(Cl)c3)c3ccccc23)cc1OC. The van der Waals surface area contributed by atoms with Gasteiger partial charge in [-0.1, -0.05) is 48.0 Å². The van der Waals surface area contributed by atoms with Gasteiger partial charge >= 0.3 is 5.97 Å². The number of carboxylic acid groups (broad SMARTS) is 1. The van der Waals surface area contributed by atoms with Gasteiger partial charge in [0, 0.05) is 34.6 Å². The summed E-state index contributed by atoms with van der Waals surface area (Å²) in [5.41, 5.74) is 4.00. The van der Waals surface area contributed by atoms with Crippen LogP contribution in [0.3, 0.4) is 0 Å². The number of fused-ring (bicyclic) bond motifs is 1. The molecule has 0 unspecified atom stereocenters. The molecule has 7 heteroatoms. The van der Waals surface area contributed by atoms with Gasteiger partial charge in [0.15, 0.2) is 11.5 Å². The minimum atomic E-state index is -0.949. The van der Waals surface area contributed by atoms with E-state index in [1.54, 1.807) is 14.2 Å². The predicted octanol–water partition coefficient (Wildman–Crippen LogP) is 5.39. The van der Waals surface area contributed by atoms with Gasteiger partial charge in [-0.15, -0.1) is 0 Å². The first-order chi connectivity index (χ1) is 16.5. The average molecular weight is 479 g/mol. The molecule has 176 valence electrons. The maximum absolute atomic E-state index is 12.4. The molecule has 0 amide bonds. The smallest absolute Gasteiger partial charge is 0.352 e. The van der Waals surface area contributed by atoms with Gasteiger partial charge in [-0.05, 0) is 54.4 Å². The molecule has 0 spiro atoms. The second-order valence-corrected chi connectivity index (χ2v) is 8.42. The van der Waals surface area contributed by atoms with E-state index in [1.807, 2.05) is 71.3 Å². The van der Waals surface area contributed by atoms with Crippen molar-refractivity contribution in [1.82, 2.24) is 9.88 Å². The lowest BCUT2D eigenvalue weighted by Gasteiger charge is -2.11. The number of para-hydroxylation sites is 1. The van der Waals surface area contributed by atoms with Crippen LogP contribution < -0.4 is 14.8 Å². The Labute approximate surface area is 203 Å². The largest absolute Gasteiger partial charge is 0.493 e. The molecule has 0 saturated carbocycles. The number of benzene rings is 3. The monoisotopic (exact) mass is 478 g/mol. The Morgan fingerprint density at radius 2 is 1.76 bits per heavy atom. The van der Waals surface area contributed by atoms with Crippen molar-refractivity contribution >= 4 is 28.5 Å². The molecule has 0 bridgehead atoms. The molecule has 2 N–H and O–H groups in total. The van der Waals surface area contributed by atoms with Crippen molar-refractivity contribution in [2.24, 2.45) is 0 Å². The van der Waals surface area contributed by atoms with Gasteiger partial charge in [-0.2, -0.15) is 0 Å². The van der Waals surface area contributed by atoms with E-state index in [-0.39, 0.29) is 0 Å². The quantitative estimate of drug-likeness (QED) is 0.299. The van der Waals surface area contributed by atoms with Gasteiger partial charge in [0.05, 0.1) is 14.2 Å². The van der Waals surface area contributed by atoms with E-state index in [0.29, 0.717) is 41.8 Å². The number of ether oxygens (including phenoxy) is 2. The lowest BCUT2D eigenvalue weighted by molar-refractivity contribution is 0.0684. The minimum Gasteiger partial charge on any atom is -0.493 e. The molecule has 4 rings (SSSR count). The van der Waals surface area contributed by atoms with E-state index < -0.39 is 5.97 Å². The molecule has 6 nitrogen and oxygen atoms in total. The van der Waals surface area contributed by atoms with Gasteiger partial charge in [-0.25, -0.2) is 4.79 Å². The van der Waals surface area contributed by atoms with Gasteiger partial charge < -0.3 is 24.5 Å². The van der Waals surface area contributed by atoms with Crippen LogP contribution in [0.5, 0.6) is 11.5 Å². The molecule has 0 aliphatic heterocycles. The number of halogens is 1. The fourth-order valence-corrected chi connectivity index (χ4v) is 4.48. The Hall–Kier alpha value is -3.48. The Morgan fingerprint density at radius 3 is 2.50 bits per heavy atom. The zero-order valence-corrected chi connectivity index (χ0v) is 19.9. The van der Waals surface area contributed by atoms with Crippen molar-refractivity contribution in [3.05, 3.63) is 94.1 Å². The first kappa shape index (κ1) is 23.7. The van der Waals surface area contributed by atoms with E-state index in [1.165, 1.54) is 0 Å². The zero-order chi connectivity index (χ0) is 24.1. The molecule has 3 aromatic carbocycles. The Morgan fingerprint density at radius 1 is 0.971 bits per heavy atom. The molecular formula is C27H27ClN2O4. The molecule has 0 saturated heterocycles. The van der Waals surface area contributed by atoms with Crippen LogP contribution in [0.4, 0.5) is 0 Å². The van der Waals surface area contributed by atoms with Crippen LogP contribution in [-0.4, -0.2) is 36.4 Å². The Bertz CT molecular complexity index is 1320. The molecule has 34 heavy (non-hydrogen) atoms. The maximum atomic E-state index is 12.4. The van der Waals surface area contributed by atoms with E-state index in [0.717, 1.165) is 34.0 Å². The van der Waals surface area contributed by atoms with E-state index >= 15 is 0 Å². The zero-order valence-electron chi connectivity index (χ0n) is 19.2. The summed E-state index contributed by atoms with van der Waals surface area (Å²) in [6.45, 7) is 1.55. The Balaban J connectivity index is 1.56. The highest BCUT2D eigenvalue weighted by atomic mass is 35.5. The predicted molar refractivity (Wildman–Crippen MR) is 134 cm³/mol. The van der Waals surface area contributed by atoms with Crippen molar-refractivity contribution in [2.75, 3.05) is 20.8 Å². The van der Waals surface area contributed by atoms with Crippen LogP contribution >= 0.6 is 11.6 Å². The fourth-order valence-electron chi connectivity index (χ4n) is 4.26. The molecule has 0 fully saturated rings. The van der Waals surface area contributed by atoms with Crippen LogP contribution in [0.2, 0.25) is 5.02 Å². The minimum absolute atomic E-state index is 0.291. The standard InChI is InChI=1S/C27H27ClN2O4/c1-33-24-11-10-18(15-25(24)34-2)12-13-29-16-22-21-8-3-4-9-23(21)30(26(22)27(31)32)17-19-6-5-7-20(28)14-19/h3-11,14-15,29H,12-13,16-17H2,1-2H3,(H,31,32). The third-order valence-corrected chi connectivity index (χ3v) is 6.08. The van der Waals surface area contributed by atoms with Crippen molar-refractivity contribution in [1.29, 1.82) is 0 Å². The summed E-state index contributed by atoms with van der Waals surface area (Å²) in [7, 11) is 3.23.